The Labute approximate surface area is 167 Å². The molecular weight excluding hydrogens is 375 g/mol. The second-order valence-corrected chi connectivity index (χ2v) is 6.48. The van der Waals surface area contributed by atoms with Gasteiger partial charge in [-0.15, -0.1) is 5.92 Å². The van der Waals surface area contributed by atoms with Gasteiger partial charge in [0.1, 0.15) is 0 Å². The lowest BCUT2D eigenvalue weighted by Gasteiger charge is -2.19. The number of alkyl halides is 3. The molecule has 0 aliphatic heterocycles. The van der Waals surface area contributed by atoms with E-state index in [2.05, 4.69) is 16.8 Å². The summed E-state index contributed by atoms with van der Waals surface area (Å²) in [6.45, 7) is 1.69. The number of carbonyl (C=O) groups excluding carboxylic acids is 1. The van der Waals surface area contributed by atoms with Crippen LogP contribution in [-0.2, 0) is 6.18 Å². The van der Waals surface area contributed by atoms with Crippen molar-refractivity contribution >= 4 is 5.78 Å². The van der Waals surface area contributed by atoms with Crippen LogP contribution >= 0.6 is 0 Å². The Morgan fingerprint density at radius 2 is 1.69 bits per heavy atom. The van der Waals surface area contributed by atoms with E-state index in [0.29, 0.717) is 22.4 Å². The first-order valence-corrected chi connectivity index (χ1v) is 9.03. The van der Waals surface area contributed by atoms with Crippen LogP contribution in [0.15, 0.2) is 72.9 Å². The maximum atomic E-state index is 13.0. The molecule has 5 heteroatoms. The van der Waals surface area contributed by atoms with Crippen LogP contribution in [0, 0.1) is 11.8 Å². The van der Waals surface area contributed by atoms with Crippen molar-refractivity contribution in [3.05, 3.63) is 101 Å². The molecule has 0 aliphatic rings. The van der Waals surface area contributed by atoms with E-state index in [1.54, 1.807) is 49.5 Å². The average Bonchev–Trinajstić information content (AvgIpc) is 2.73. The summed E-state index contributed by atoms with van der Waals surface area (Å²) in [4.78, 5) is 17.3. The molecule has 0 amide bonds. The maximum absolute atomic E-state index is 13.0. The first-order chi connectivity index (χ1) is 13.9. The Hall–Kier alpha value is -3.39. The normalized spacial score (nSPS) is 12.0. The molecule has 1 aromatic heterocycles. The summed E-state index contributed by atoms with van der Waals surface area (Å²) in [5.41, 5.74) is 1.62. The molecule has 1 atom stereocenters. The lowest BCUT2D eigenvalue weighted by Crippen LogP contribution is -2.13. The third-order valence-electron chi connectivity index (χ3n) is 4.55. The van der Waals surface area contributed by atoms with Crippen molar-refractivity contribution in [2.45, 2.75) is 25.4 Å². The number of carbonyl (C=O) groups is 1. The van der Waals surface area contributed by atoms with Gasteiger partial charge in [0.2, 0.25) is 0 Å². The Bertz CT molecular complexity index is 1050. The monoisotopic (exact) mass is 393 g/mol. The van der Waals surface area contributed by atoms with E-state index in [1.165, 1.54) is 12.1 Å². The molecule has 1 heterocycles. The Morgan fingerprint density at radius 1 is 1.00 bits per heavy atom. The van der Waals surface area contributed by atoms with Gasteiger partial charge in [-0.1, -0.05) is 48.4 Å². The topological polar surface area (TPSA) is 30.0 Å². The lowest BCUT2D eigenvalue weighted by atomic mass is 9.86. The van der Waals surface area contributed by atoms with Crippen LogP contribution in [0.4, 0.5) is 13.2 Å². The van der Waals surface area contributed by atoms with Gasteiger partial charge in [-0.2, -0.15) is 13.2 Å². The van der Waals surface area contributed by atoms with E-state index in [0.717, 1.165) is 12.1 Å². The number of Topliss-reactive ketones (excluding diaryl/α,β-unsaturated/α-hetero) is 1. The first-order valence-electron chi connectivity index (χ1n) is 9.03. The second kappa shape index (κ2) is 8.74. The molecule has 29 heavy (non-hydrogen) atoms. The zero-order chi connectivity index (χ0) is 20.9. The number of pyridine rings is 1. The fraction of sp³-hybridized carbons (Fsp3) is 0.167. The molecular formula is C24H18F3NO. The lowest BCUT2D eigenvalue weighted by molar-refractivity contribution is -0.137. The van der Waals surface area contributed by atoms with Gasteiger partial charge in [-0.05, 0) is 36.8 Å². The van der Waals surface area contributed by atoms with Crippen molar-refractivity contribution in [2.75, 3.05) is 0 Å². The number of benzene rings is 2. The van der Waals surface area contributed by atoms with E-state index in [9.17, 15) is 18.0 Å². The van der Waals surface area contributed by atoms with Gasteiger partial charge in [0.25, 0.3) is 0 Å². The van der Waals surface area contributed by atoms with Crippen LogP contribution in [0.2, 0.25) is 0 Å². The van der Waals surface area contributed by atoms with Gasteiger partial charge in [0.05, 0.1) is 11.3 Å². The Kier molecular flexibility index (Phi) is 6.13. The quantitative estimate of drug-likeness (QED) is 0.400. The predicted molar refractivity (Wildman–Crippen MR) is 105 cm³/mol. The van der Waals surface area contributed by atoms with Gasteiger partial charge in [-0.3, -0.25) is 9.78 Å². The summed E-state index contributed by atoms with van der Waals surface area (Å²) in [6, 6.07) is 17.2. The standard InChI is InChI=1S/C24H18F3NO/c1-2-7-19-10-6-15-28-23(19)21(16-22(29)18-8-4-3-5-9-18)17-11-13-20(14-12-17)24(25,26)27/h3-6,8-15,21H,16H2,1H3/t21-/m0/s1. The molecule has 2 aromatic carbocycles. The van der Waals surface area contributed by atoms with Crippen LogP contribution in [-0.4, -0.2) is 10.8 Å². The molecule has 0 aliphatic carbocycles. The summed E-state index contributed by atoms with van der Waals surface area (Å²) in [7, 11) is 0. The molecule has 0 N–H and O–H groups in total. The van der Waals surface area contributed by atoms with Gasteiger partial charge >= 0.3 is 6.18 Å². The Morgan fingerprint density at radius 3 is 2.31 bits per heavy atom. The highest BCUT2D eigenvalue weighted by Gasteiger charge is 2.31. The molecule has 0 saturated carbocycles. The highest BCUT2D eigenvalue weighted by atomic mass is 19.4. The third kappa shape index (κ3) is 4.91. The zero-order valence-electron chi connectivity index (χ0n) is 15.7. The van der Waals surface area contributed by atoms with E-state index >= 15 is 0 Å². The van der Waals surface area contributed by atoms with Crippen molar-refractivity contribution in [1.29, 1.82) is 0 Å². The maximum Gasteiger partial charge on any atom is 0.416 e. The van der Waals surface area contributed by atoms with Crippen LogP contribution in [0.25, 0.3) is 0 Å². The number of hydrogen-bond acceptors (Lipinski definition) is 2. The molecule has 146 valence electrons. The first kappa shape index (κ1) is 20.3. The van der Waals surface area contributed by atoms with Gasteiger partial charge in [0, 0.05) is 29.7 Å². The number of ketones is 1. The largest absolute Gasteiger partial charge is 0.416 e. The van der Waals surface area contributed by atoms with Crippen molar-refractivity contribution < 1.29 is 18.0 Å². The van der Waals surface area contributed by atoms with Crippen LogP contribution in [0.1, 0.15) is 52.0 Å². The summed E-state index contributed by atoms with van der Waals surface area (Å²) >= 11 is 0. The van der Waals surface area contributed by atoms with Crippen LogP contribution in [0.3, 0.4) is 0 Å². The third-order valence-corrected chi connectivity index (χ3v) is 4.55. The summed E-state index contributed by atoms with van der Waals surface area (Å²) in [5.74, 6) is 5.17. The number of rotatable bonds is 5. The number of nitrogens with zero attached hydrogens (tertiary/aromatic N) is 1. The zero-order valence-corrected chi connectivity index (χ0v) is 15.7. The smallest absolute Gasteiger partial charge is 0.294 e. The molecule has 3 aromatic rings. The molecule has 0 spiro atoms. The second-order valence-electron chi connectivity index (χ2n) is 6.48. The molecule has 0 radical (unpaired) electrons. The van der Waals surface area contributed by atoms with E-state index < -0.39 is 17.7 Å². The summed E-state index contributed by atoms with van der Waals surface area (Å²) < 4.78 is 38.9. The van der Waals surface area contributed by atoms with Gasteiger partial charge in [0.15, 0.2) is 5.78 Å². The van der Waals surface area contributed by atoms with Crippen LogP contribution < -0.4 is 0 Å². The Balaban J connectivity index is 2.04. The molecule has 3 rings (SSSR count). The molecule has 0 fully saturated rings. The minimum atomic E-state index is -4.42. The summed E-state index contributed by atoms with van der Waals surface area (Å²) in [6.07, 6.45) is -2.75. The van der Waals surface area contributed by atoms with E-state index in [1.807, 2.05) is 6.07 Å². The number of halogens is 3. The SMILES string of the molecule is CC#Cc1cccnc1[C@@H](CC(=O)c1ccccc1)c1ccc(C(F)(F)F)cc1. The van der Waals surface area contributed by atoms with E-state index in [4.69, 9.17) is 0 Å². The van der Waals surface area contributed by atoms with Crippen LogP contribution in [0.5, 0.6) is 0 Å². The van der Waals surface area contributed by atoms with Crippen molar-refractivity contribution in [3.8, 4) is 11.8 Å². The predicted octanol–water partition coefficient (Wildman–Crippen LogP) is 5.88. The van der Waals surface area contributed by atoms with Crippen molar-refractivity contribution in [3.63, 3.8) is 0 Å². The minimum absolute atomic E-state index is 0.0742. The van der Waals surface area contributed by atoms with Crippen molar-refractivity contribution in [1.82, 2.24) is 4.98 Å². The summed E-state index contributed by atoms with van der Waals surface area (Å²) in [5, 5.41) is 0. The van der Waals surface area contributed by atoms with Gasteiger partial charge in [-0.25, -0.2) is 0 Å². The number of hydrogen-bond donors (Lipinski definition) is 0. The molecule has 0 bridgehead atoms. The minimum Gasteiger partial charge on any atom is -0.294 e. The van der Waals surface area contributed by atoms with Gasteiger partial charge < -0.3 is 0 Å². The fourth-order valence-electron chi connectivity index (χ4n) is 3.14. The molecule has 0 unspecified atom stereocenters. The number of aromatic nitrogens is 1. The molecule has 0 saturated heterocycles. The van der Waals surface area contributed by atoms with E-state index in [-0.39, 0.29) is 12.2 Å². The van der Waals surface area contributed by atoms with Crippen molar-refractivity contribution in [2.24, 2.45) is 0 Å². The highest BCUT2D eigenvalue weighted by Crippen LogP contribution is 2.34. The fourth-order valence-corrected chi connectivity index (χ4v) is 3.14. The highest BCUT2D eigenvalue weighted by molar-refractivity contribution is 5.96. The average molecular weight is 393 g/mol. The molecule has 2 nitrogen and oxygen atoms in total.